The molecule has 0 radical (unpaired) electrons. The molecule has 0 bridgehead atoms. The summed E-state index contributed by atoms with van der Waals surface area (Å²) in [7, 11) is -1.07. The van der Waals surface area contributed by atoms with Crippen LogP contribution in [0.1, 0.15) is 59.3 Å². The van der Waals surface area contributed by atoms with Gasteiger partial charge in [-0.15, -0.1) is 0 Å². The highest BCUT2D eigenvalue weighted by Gasteiger charge is 2.18. The third-order valence-electron chi connectivity index (χ3n) is 2.86. The van der Waals surface area contributed by atoms with Crippen LogP contribution >= 0.6 is 0 Å². The van der Waals surface area contributed by atoms with Crippen molar-refractivity contribution in [3.63, 3.8) is 0 Å². The Labute approximate surface area is 96.2 Å². The summed E-state index contributed by atoms with van der Waals surface area (Å²) < 4.78 is 15.5. The van der Waals surface area contributed by atoms with Gasteiger partial charge in [0.15, 0.2) is 0 Å². The van der Waals surface area contributed by atoms with Gasteiger partial charge in [0.25, 0.3) is 0 Å². The Morgan fingerprint density at radius 3 is 2.40 bits per heavy atom. The van der Waals surface area contributed by atoms with E-state index in [9.17, 15) is 4.21 Å². The van der Waals surface area contributed by atoms with Crippen LogP contribution in [0.4, 0.5) is 0 Å². The Hall–Kier alpha value is -0.180. The van der Waals surface area contributed by atoms with Crippen LogP contribution in [0.25, 0.3) is 0 Å². The summed E-state index contributed by atoms with van der Waals surface area (Å²) in [5, 5.41) is 0. The zero-order valence-electron chi connectivity index (χ0n) is 10.2. The maximum Gasteiger partial charge on any atom is 0.144 e. The van der Waals surface area contributed by atoms with E-state index in [4.69, 9.17) is 0 Å². The van der Waals surface area contributed by atoms with Crippen LogP contribution in [0.2, 0.25) is 0 Å². The molecule has 0 heterocycles. The van der Waals surface area contributed by atoms with Crippen LogP contribution in [-0.2, 0) is 11.0 Å². The second-order valence-corrected chi connectivity index (χ2v) is 7.32. The van der Waals surface area contributed by atoms with Crippen molar-refractivity contribution in [3.8, 4) is 0 Å². The molecule has 1 saturated carbocycles. The maximum atomic E-state index is 11.6. The highest BCUT2D eigenvalue weighted by atomic mass is 32.2. The molecule has 0 spiro atoms. The Kier molecular flexibility index (Phi) is 4.97. The van der Waals surface area contributed by atoms with Gasteiger partial charge < -0.3 is 0 Å². The zero-order chi connectivity index (χ0) is 11.3. The van der Waals surface area contributed by atoms with Gasteiger partial charge in [-0.2, -0.15) is 4.40 Å². The van der Waals surface area contributed by atoms with E-state index in [1.807, 2.05) is 27.0 Å². The second-order valence-electron chi connectivity index (χ2n) is 5.39. The van der Waals surface area contributed by atoms with Crippen LogP contribution in [0.3, 0.4) is 0 Å². The van der Waals surface area contributed by atoms with Crippen molar-refractivity contribution in [3.05, 3.63) is 0 Å². The van der Waals surface area contributed by atoms with Crippen molar-refractivity contribution in [2.75, 3.05) is 0 Å². The Morgan fingerprint density at radius 2 is 1.87 bits per heavy atom. The van der Waals surface area contributed by atoms with Crippen LogP contribution in [0, 0.1) is 5.92 Å². The summed E-state index contributed by atoms with van der Waals surface area (Å²) in [5.74, 6) is 0.791. The molecule has 1 aliphatic carbocycles. The zero-order valence-corrected chi connectivity index (χ0v) is 11.0. The monoisotopic (exact) mass is 229 g/mol. The standard InChI is InChI=1S/C12H23NOS/c1-12(2,3)15(14)13-10-9-11-7-5-4-6-8-11/h10-11H,4-9H2,1-3H3/b13-10+. The van der Waals surface area contributed by atoms with E-state index < -0.39 is 11.0 Å². The molecule has 3 heteroatoms. The molecule has 1 unspecified atom stereocenters. The second kappa shape index (κ2) is 5.78. The first-order chi connectivity index (χ1) is 7.00. The minimum absolute atomic E-state index is 0.219. The molecule has 0 amide bonds. The molecule has 1 rings (SSSR count). The molecule has 0 saturated heterocycles. The fourth-order valence-electron chi connectivity index (χ4n) is 1.84. The van der Waals surface area contributed by atoms with Crippen molar-refractivity contribution in [2.24, 2.45) is 10.3 Å². The van der Waals surface area contributed by atoms with Gasteiger partial charge in [-0.3, -0.25) is 0 Å². The molecule has 0 aromatic rings. The van der Waals surface area contributed by atoms with Gasteiger partial charge in [0, 0.05) is 6.21 Å². The van der Waals surface area contributed by atoms with Crippen molar-refractivity contribution >= 4 is 17.2 Å². The fraction of sp³-hybridized carbons (Fsp3) is 0.917. The molecule has 15 heavy (non-hydrogen) atoms. The van der Waals surface area contributed by atoms with Crippen LogP contribution in [-0.4, -0.2) is 15.2 Å². The Balaban J connectivity index is 2.29. The van der Waals surface area contributed by atoms with Gasteiger partial charge in [0.05, 0.1) is 4.75 Å². The molecule has 1 fully saturated rings. The molecule has 0 N–H and O–H groups in total. The topological polar surface area (TPSA) is 29.4 Å². The van der Waals surface area contributed by atoms with Gasteiger partial charge in [-0.05, 0) is 33.1 Å². The van der Waals surface area contributed by atoms with Crippen molar-refractivity contribution < 1.29 is 4.21 Å². The normalized spacial score (nSPS) is 22.1. The minimum Gasteiger partial charge on any atom is -0.234 e. The average Bonchev–Trinajstić information content (AvgIpc) is 2.18. The van der Waals surface area contributed by atoms with Gasteiger partial charge in [0.2, 0.25) is 0 Å². The quantitative estimate of drug-likeness (QED) is 0.681. The molecule has 1 atom stereocenters. The molecule has 0 aliphatic heterocycles. The summed E-state index contributed by atoms with van der Waals surface area (Å²) in [6.07, 6.45) is 9.67. The summed E-state index contributed by atoms with van der Waals surface area (Å²) >= 11 is 0. The highest BCUT2D eigenvalue weighted by Crippen LogP contribution is 2.25. The first kappa shape index (κ1) is 12.9. The minimum atomic E-state index is -1.07. The third kappa shape index (κ3) is 4.92. The van der Waals surface area contributed by atoms with Crippen LogP contribution < -0.4 is 0 Å². The molecule has 1 aliphatic rings. The summed E-state index contributed by atoms with van der Waals surface area (Å²) in [6, 6.07) is 0. The smallest absolute Gasteiger partial charge is 0.144 e. The largest absolute Gasteiger partial charge is 0.234 e. The number of hydrogen-bond donors (Lipinski definition) is 0. The van der Waals surface area contributed by atoms with Gasteiger partial charge in [0.1, 0.15) is 11.0 Å². The van der Waals surface area contributed by atoms with Crippen molar-refractivity contribution in [2.45, 2.75) is 64.0 Å². The molecule has 0 aromatic carbocycles. The van der Waals surface area contributed by atoms with E-state index in [2.05, 4.69) is 4.40 Å². The molecule has 88 valence electrons. The summed E-state index contributed by atoms with van der Waals surface area (Å²) in [4.78, 5) is 0. The lowest BCUT2D eigenvalue weighted by Crippen LogP contribution is -2.19. The molecular weight excluding hydrogens is 206 g/mol. The molecule has 0 aromatic heterocycles. The molecular formula is C12H23NOS. The Morgan fingerprint density at radius 1 is 1.27 bits per heavy atom. The predicted molar refractivity (Wildman–Crippen MR) is 67.6 cm³/mol. The average molecular weight is 229 g/mol. The number of hydrogen-bond acceptors (Lipinski definition) is 1. The van der Waals surface area contributed by atoms with Gasteiger partial charge >= 0.3 is 0 Å². The summed E-state index contributed by atoms with van der Waals surface area (Å²) in [6.45, 7) is 5.88. The van der Waals surface area contributed by atoms with Crippen LogP contribution in [0.5, 0.6) is 0 Å². The maximum absolute atomic E-state index is 11.6. The van der Waals surface area contributed by atoms with E-state index in [0.717, 1.165) is 12.3 Å². The first-order valence-corrected chi connectivity index (χ1v) is 7.05. The first-order valence-electron chi connectivity index (χ1n) is 5.94. The van der Waals surface area contributed by atoms with Gasteiger partial charge in [-0.25, -0.2) is 4.21 Å². The van der Waals surface area contributed by atoms with Gasteiger partial charge in [-0.1, -0.05) is 32.1 Å². The lowest BCUT2D eigenvalue weighted by atomic mass is 9.87. The van der Waals surface area contributed by atoms with Crippen molar-refractivity contribution in [1.82, 2.24) is 0 Å². The van der Waals surface area contributed by atoms with Crippen LogP contribution in [0.15, 0.2) is 4.40 Å². The molecule has 2 nitrogen and oxygen atoms in total. The number of nitrogens with zero attached hydrogens (tertiary/aromatic N) is 1. The van der Waals surface area contributed by atoms with E-state index >= 15 is 0 Å². The Bertz CT molecular complexity index is 236. The predicted octanol–water partition coefficient (Wildman–Crippen LogP) is 3.49. The fourth-order valence-corrected chi connectivity index (χ4v) is 2.38. The van der Waals surface area contributed by atoms with E-state index in [1.165, 1.54) is 32.1 Å². The lowest BCUT2D eigenvalue weighted by molar-refractivity contribution is 0.370. The number of rotatable bonds is 3. The van der Waals surface area contributed by atoms with Crippen molar-refractivity contribution in [1.29, 1.82) is 0 Å². The third-order valence-corrected chi connectivity index (χ3v) is 4.25. The van der Waals surface area contributed by atoms with E-state index in [-0.39, 0.29) is 4.75 Å². The summed E-state index contributed by atoms with van der Waals surface area (Å²) in [5.41, 5.74) is 0. The lowest BCUT2D eigenvalue weighted by Gasteiger charge is -2.19. The highest BCUT2D eigenvalue weighted by molar-refractivity contribution is 7.85. The van der Waals surface area contributed by atoms with E-state index in [0.29, 0.717) is 0 Å². The van der Waals surface area contributed by atoms with E-state index in [1.54, 1.807) is 0 Å². The SMILES string of the molecule is CC(C)(C)S(=O)/N=C/CC1CCCCC1.